The van der Waals surface area contributed by atoms with E-state index in [1.165, 1.54) is 0 Å². The molecule has 2 aromatic carbocycles. The van der Waals surface area contributed by atoms with E-state index in [-0.39, 0.29) is 0 Å². The summed E-state index contributed by atoms with van der Waals surface area (Å²) in [5, 5.41) is 1.91. The Labute approximate surface area is 95.3 Å². The highest BCUT2D eigenvalue weighted by atomic mass is 14.1. The number of benzene rings is 2. The first-order valence-electron chi connectivity index (χ1n) is 4.77. The minimum absolute atomic E-state index is 0.702. The van der Waals surface area contributed by atoms with E-state index < -0.39 is 0 Å². The van der Waals surface area contributed by atoms with Gasteiger partial charge in [0.05, 0.1) is 0 Å². The van der Waals surface area contributed by atoms with Crippen LogP contribution in [0.15, 0.2) is 30.3 Å². The lowest BCUT2D eigenvalue weighted by Crippen LogP contribution is -1.89. The highest BCUT2D eigenvalue weighted by Gasteiger charge is 2.06. The molecule has 0 atom stereocenters. The van der Waals surface area contributed by atoms with Crippen molar-refractivity contribution in [3.05, 3.63) is 47.0 Å². The molecule has 0 aromatic heterocycles. The van der Waals surface area contributed by atoms with Crippen molar-refractivity contribution in [1.29, 1.82) is 0 Å². The van der Waals surface area contributed by atoms with Crippen molar-refractivity contribution in [2.45, 2.75) is 0 Å². The van der Waals surface area contributed by atoms with Crippen LogP contribution in [0, 0.1) is 37.0 Å². The molecule has 0 nitrogen and oxygen atoms in total. The summed E-state index contributed by atoms with van der Waals surface area (Å²) in [6, 6.07) is 9.53. The zero-order valence-electron chi connectivity index (χ0n) is 8.62. The van der Waals surface area contributed by atoms with Crippen LogP contribution in [0.2, 0.25) is 0 Å². The van der Waals surface area contributed by atoms with Crippen molar-refractivity contribution in [1.82, 2.24) is 0 Å². The molecule has 72 valence electrons. The summed E-state index contributed by atoms with van der Waals surface area (Å²) in [5.41, 5.74) is 2.19. The standard InChI is InChI=1S/C16H8/c1-4-12-10-11-14-9-7-8-13(5-2)16(14)15(12)6-3/h1-3,7-11H. The van der Waals surface area contributed by atoms with Gasteiger partial charge in [0.25, 0.3) is 0 Å². The molecule has 0 radical (unpaired) electrons. The van der Waals surface area contributed by atoms with E-state index in [9.17, 15) is 0 Å². The molecule has 0 amide bonds. The first kappa shape index (κ1) is 9.92. The fraction of sp³-hybridized carbons (Fsp3) is 0. The van der Waals surface area contributed by atoms with Gasteiger partial charge in [-0.3, -0.25) is 0 Å². The molecule has 16 heavy (non-hydrogen) atoms. The van der Waals surface area contributed by atoms with E-state index in [0.717, 1.165) is 16.3 Å². The van der Waals surface area contributed by atoms with E-state index in [2.05, 4.69) is 17.8 Å². The molecule has 0 aliphatic heterocycles. The molecule has 0 unspecified atom stereocenters. The second-order valence-corrected chi connectivity index (χ2v) is 3.32. The Bertz CT molecular complexity index is 683. The summed E-state index contributed by atoms with van der Waals surface area (Å²) in [6.45, 7) is 0. The van der Waals surface area contributed by atoms with Gasteiger partial charge in [-0.25, -0.2) is 0 Å². The average Bonchev–Trinajstić information content (AvgIpc) is 2.36. The third-order valence-corrected chi connectivity index (χ3v) is 2.50. The topological polar surface area (TPSA) is 0 Å². The van der Waals surface area contributed by atoms with Crippen molar-refractivity contribution in [2.24, 2.45) is 0 Å². The summed E-state index contributed by atoms with van der Waals surface area (Å²) in [6.07, 6.45) is 16.4. The number of terminal acetylenes is 3. The molecule has 0 heterocycles. The average molecular weight is 200 g/mol. The highest BCUT2D eigenvalue weighted by Crippen LogP contribution is 2.24. The molecule has 0 heteroatoms. The largest absolute Gasteiger partial charge is 0.115 e. The van der Waals surface area contributed by atoms with E-state index in [1.807, 2.05) is 30.3 Å². The van der Waals surface area contributed by atoms with Crippen LogP contribution in [0.3, 0.4) is 0 Å². The van der Waals surface area contributed by atoms with E-state index >= 15 is 0 Å². The Hall–Kier alpha value is -2.62. The Balaban J connectivity index is 3.05. The van der Waals surface area contributed by atoms with E-state index in [1.54, 1.807) is 0 Å². The zero-order chi connectivity index (χ0) is 11.5. The van der Waals surface area contributed by atoms with Gasteiger partial charge in [0.1, 0.15) is 0 Å². The SMILES string of the molecule is C#Cc1ccc2cccc(C#C)c2c1C#C. The van der Waals surface area contributed by atoms with Gasteiger partial charge in [0.15, 0.2) is 0 Å². The van der Waals surface area contributed by atoms with Crippen molar-refractivity contribution in [3.63, 3.8) is 0 Å². The van der Waals surface area contributed by atoms with Gasteiger partial charge in [-0.05, 0) is 17.5 Å². The molecule has 0 saturated heterocycles. The van der Waals surface area contributed by atoms with Crippen molar-refractivity contribution < 1.29 is 0 Å². The normalized spacial score (nSPS) is 9.06. The Morgan fingerprint density at radius 1 is 0.750 bits per heavy atom. The van der Waals surface area contributed by atoms with Crippen LogP contribution in [-0.2, 0) is 0 Å². The third kappa shape index (κ3) is 1.33. The summed E-state index contributed by atoms with van der Waals surface area (Å²) in [4.78, 5) is 0. The molecule has 0 aliphatic rings. The molecular weight excluding hydrogens is 192 g/mol. The fourth-order valence-electron chi connectivity index (χ4n) is 1.77. The van der Waals surface area contributed by atoms with Crippen LogP contribution in [0.4, 0.5) is 0 Å². The maximum Gasteiger partial charge on any atom is 0.0490 e. The molecule has 2 rings (SSSR count). The lowest BCUT2D eigenvalue weighted by Gasteiger charge is -2.06. The molecule has 0 saturated carbocycles. The molecule has 0 aliphatic carbocycles. The van der Waals surface area contributed by atoms with E-state index in [0.29, 0.717) is 11.1 Å². The van der Waals surface area contributed by atoms with Gasteiger partial charge >= 0.3 is 0 Å². The van der Waals surface area contributed by atoms with Gasteiger partial charge in [-0.1, -0.05) is 36.0 Å². The Morgan fingerprint density at radius 3 is 2.12 bits per heavy atom. The Morgan fingerprint density at radius 2 is 1.50 bits per heavy atom. The number of rotatable bonds is 0. The van der Waals surface area contributed by atoms with E-state index in [4.69, 9.17) is 19.3 Å². The zero-order valence-corrected chi connectivity index (χ0v) is 8.62. The first-order chi connectivity index (χ1) is 7.81. The molecule has 0 spiro atoms. The quantitative estimate of drug-likeness (QED) is 0.574. The van der Waals surface area contributed by atoms with Crippen LogP contribution >= 0.6 is 0 Å². The van der Waals surface area contributed by atoms with Gasteiger partial charge in [0.2, 0.25) is 0 Å². The van der Waals surface area contributed by atoms with Crippen molar-refractivity contribution in [3.8, 4) is 37.0 Å². The first-order valence-corrected chi connectivity index (χ1v) is 4.77. The molecule has 0 N–H and O–H groups in total. The lowest BCUT2D eigenvalue weighted by molar-refractivity contribution is 1.63. The summed E-state index contributed by atoms with van der Waals surface area (Å²) < 4.78 is 0. The molecule has 0 fully saturated rings. The van der Waals surface area contributed by atoms with Gasteiger partial charge in [-0.15, -0.1) is 19.3 Å². The minimum atomic E-state index is 0.702. The molecular formula is C16H8. The van der Waals surface area contributed by atoms with Crippen LogP contribution < -0.4 is 0 Å². The van der Waals surface area contributed by atoms with Gasteiger partial charge in [-0.2, -0.15) is 0 Å². The van der Waals surface area contributed by atoms with Crippen LogP contribution in [-0.4, -0.2) is 0 Å². The minimum Gasteiger partial charge on any atom is -0.115 e. The number of hydrogen-bond acceptors (Lipinski definition) is 0. The smallest absolute Gasteiger partial charge is 0.0490 e. The predicted molar refractivity (Wildman–Crippen MR) is 67.8 cm³/mol. The van der Waals surface area contributed by atoms with Crippen LogP contribution in [0.25, 0.3) is 10.8 Å². The molecule has 2 aromatic rings. The third-order valence-electron chi connectivity index (χ3n) is 2.50. The fourth-order valence-corrected chi connectivity index (χ4v) is 1.77. The number of hydrogen-bond donors (Lipinski definition) is 0. The highest BCUT2D eigenvalue weighted by molar-refractivity contribution is 5.94. The van der Waals surface area contributed by atoms with Gasteiger partial charge in [0, 0.05) is 22.1 Å². The lowest BCUT2D eigenvalue weighted by atomic mass is 9.96. The maximum atomic E-state index is 5.50. The summed E-state index contributed by atoms with van der Waals surface area (Å²) in [7, 11) is 0. The van der Waals surface area contributed by atoms with Crippen molar-refractivity contribution >= 4 is 10.8 Å². The van der Waals surface area contributed by atoms with Crippen molar-refractivity contribution in [2.75, 3.05) is 0 Å². The van der Waals surface area contributed by atoms with Crippen LogP contribution in [0.5, 0.6) is 0 Å². The van der Waals surface area contributed by atoms with Crippen LogP contribution in [0.1, 0.15) is 16.7 Å². The number of fused-ring (bicyclic) bond motifs is 1. The second-order valence-electron chi connectivity index (χ2n) is 3.32. The van der Waals surface area contributed by atoms with Gasteiger partial charge < -0.3 is 0 Å². The Kier molecular flexibility index (Phi) is 2.39. The maximum absolute atomic E-state index is 5.50. The summed E-state index contributed by atoms with van der Waals surface area (Å²) >= 11 is 0. The predicted octanol–water partition coefficient (Wildman–Crippen LogP) is 2.78. The monoisotopic (exact) mass is 200 g/mol. The molecule has 0 bridgehead atoms. The summed E-state index contributed by atoms with van der Waals surface area (Å²) in [5.74, 6) is 7.84. The second kappa shape index (κ2) is 3.86.